The number of aromatic nitrogens is 3. The van der Waals surface area contributed by atoms with Crippen LogP contribution in [-0.2, 0) is 6.04 Å². The molecule has 5 aromatic carbocycles. The van der Waals surface area contributed by atoms with Crippen LogP contribution in [0.15, 0.2) is 115 Å². The first-order valence-corrected chi connectivity index (χ1v) is 37.0. The minimum atomic E-state index is -2.09. The van der Waals surface area contributed by atoms with Gasteiger partial charge in [-0.2, -0.15) is 0 Å². The van der Waals surface area contributed by atoms with Crippen LogP contribution >= 0.6 is 0 Å². The van der Waals surface area contributed by atoms with E-state index in [0.29, 0.717) is 0 Å². The monoisotopic (exact) mass is 785 g/mol. The highest BCUT2D eigenvalue weighted by Gasteiger charge is 2.47. The van der Waals surface area contributed by atoms with Crippen molar-refractivity contribution in [1.29, 1.82) is 0 Å². The van der Waals surface area contributed by atoms with E-state index < -0.39 is 38.4 Å². The molecule has 0 radical (unpaired) electrons. The number of benzene rings is 5. The summed E-state index contributed by atoms with van der Waals surface area (Å²) in [6, 6.07) is 47.8. The van der Waals surface area contributed by atoms with E-state index in [1.54, 1.807) is 15.6 Å². The van der Waals surface area contributed by atoms with E-state index in [4.69, 9.17) is 4.98 Å². The van der Waals surface area contributed by atoms with E-state index in [-0.39, 0.29) is 0 Å². The zero-order valence-corrected chi connectivity index (χ0v) is 38.5. The summed E-state index contributed by atoms with van der Waals surface area (Å²) < 4.78 is 5.05. The Morgan fingerprint density at radius 1 is 0.407 bits per heavy atom. The zero-order chi connectivity index (χ0) is 37.7. The van der Waals surface area contributed by atoms with Crippen molar-refractivity contribution in [1.82, 2.24) is 14.1 Å². The van der Waals surface area contributed by atoms with E-state index >= 15 is 0 Å². The number of nitrogens with zero attached hydrogens (tertiary/aromatic N) is 3. The van der Waals surface area contributed by atoms with Crippen LogP contribution in [0.4, 0.5) is 0 Å². The third-order valence-corrected chi connectivity index (χ3v) is 53.4. The van der Waals surface area contributed by atoms with Gasteiger partial charge in [0, 0.05) is 32.9 Å². The molecule has 54 heavy (non-hydrogen) atoms. The maximum Gasteiger partial charge on any atom is 0.102 e. The Balaban J connectivity index is 1.40. The Bertz CT molecular complexity index is 2730. The summed E-state index contributed by atoms with van der Waals surface area (Å²) in [6.07, 6.45) is 0. The average Bonchev–Trinajstić information content (AvgIpc) is 3.65. The lowest BCUT2D eigenvalue weighted by Crippen LogP contribution is -2.69. The molecule has 0 N–H and O–H groups in total. The van der Waals surface area contributed by atoms with Crippen molar-refractivity contribution in [2.24, 2.45) is 0 Å². The Hall–Kier alpha value is -4.07. The molecule has 18 bridgehead atoms. The van der Waals surface area contributed by atoms with Crippen molar-refractivity contribution >= 4 is 108 Å². The van der Waals surface area contributed by atoms with Crippen LogP contribution < -0.4 is 26.1 Å². The van der Waals surface area contributed by atoms with Gasteiger partial charge in [0.2, 0.25) is 0 Å². The standard InChI is InChI=1S/C46H51N3Si5/c1-50(2)30-31-11-13-32(14-12-31)48-41-22-19-35-27-38(41)39-28-36(20-23-42(39)48)53(7,8)54(9,10)45-26-25-44-46(47-45)40-29-37(52(5,6)51(35,3)4)21-24-43(40)49(44)33-15-17-34(50)18-16-33/h11-29H,30H2,1-10H3. The molecule has 3 aromatic heterocycles. The van der Waals surface area contributed by atoms with Gasteiger partial charge in [0.1, 0.15) is 7.59 Å². The predicted octanol–water partition coefficient (Wildman–Crippen LogP) is 8.82. The maximum absolute atomic E-state index is 5.83. The molecule has 270 valence electrons. The number of hydrogen-bond acceptors (Lipinski definition) is 1. The SMILES string of the molecule is C[Si]1(C)Cc2ccc(cc2)-n2c3ccc4cc3c3cc(ccc32)[Si](C)(C)[Si](C)(C)c2ccc3c(n2)c2cc(ccc2n3-c2ccc1cc2)[Si](C)(C)[Si]4(C)C. The molecule has 23 rings (SSSR count). The first-order valence-electron chi connectivity index (χ1n) is 19.8. The topological polar surface area (TPSA) is 22.8 Å². The summed E-state index contributed by atoms with van der Waals surface area (Å²) in [7, 11) is -9.91. The summed E-state index contributed by atoms with van der Waals surface area (Å²) in [4.78, 5) is 5.83. The van der Waals surface area contributed by atoms with Crippen LogP contribution in [0.3, 0.4) is 0 Å². The summed E-state index contributed by atoms with van der Waals surface area (Å²) in [5.41, 5.74) is 10.2. The lowest BCUT2D eigenvalue weighted by Gasteiger charge is -2.39. The van der Waals surface area contributed by atoms with Crippen LogP contribution in [0.5, 0.6) is 0 Å². The molecule has 0 saturated heterocycles. The summed E-state index contributed by atoms with van der Waals surface area (Å²) >= 11 is 0. The second kappa shape index (κ2) is 11.0. The van der Waals surface area contributed by atoms with E-state index in [1.165, 1.54) is 71.2 Å². The van der Waals surface area contributed by atoms with Crippen molar-refractivity contribution in [2.45, 2.75) is 71.5 Å². The van der Waals surface area contributed by atoms with Crippen molar-refractivity contribution < 1.29 is 0 Å². The van der Waals surface area contributed by atoms with Crippen molar-refractivity contribution in [3.63, 3.8) is 0 Å². The predicted molar refractivity (Wildman–Crippen MR) is 249 cm³/mol. The average molecular weight is 786 g/mol. The third kappa shape index (κ3) is 4.51. The van der Waals surface area contributed by atoms with E-state index in [9.17, 15) is 0 Å². The second-order valence-electron chi connectivity index (χ2n) is 19.2. The smallest absolute Gasteiger partial charge is 0.102 e. The highest BCUT2D eigenvalue weighted by molar-refractivity contribution is 7.50. The second-order valence-corrected chi connectivity index (χ2v) is 54.1. The molecule has 0 atom stereocenters. The summed E-state index contributed by atoms with van der Waals surface area (Å²) in [6.45, 7) is 26.1. The Labute approximate surface area is 324 Å². The van der Waals surface area contributed by atoms with Crippen molar-refractivity contribution in [2.75, 3.05) is 0 Å². The molecular formula is C46H51N3Si5. The minimum absolute atomic E-state index is 1.11. The molecule has 8 aromatic rings. The van der Waals surface area contributed by atoms with Gasteiger partial charge in [0.15, 0.2) is 0 Å². The van der Waals surface area contributed by atoms with Crippen LogP contribution in [0.25, 0.3) is 55.1 Å². The van der Waals surface area contributed by atoms with E-state index in [0.717, 1.165) is 6.04 Å². The molecule has 0 saturated carbocycles. The first kappa shape index (κ1) is 34.4. The fourth-order valence-corrected chi connectivity index (χ4v) is 29.3. The van der Waals surface area contributed by atoms with Gasteiger partial charge >= 0.3 is 0 Å². The molecule has 0 spiro atoms. The van der Waals surface area contributed by atoms with Gasteiger partial charge in [-0.15, -0.1) is 0 Å². The van der Waals surface area contributed by atoms with Crippen molar-refractivity contribution in [3.8, 4) is 11.4 Å². The van der Waals surface area contributed by atoms with E-state index in [1.807, 2.05) is 0 Å². The lowest BCUT2D eigenvalue weighted by atomic mass is 10.1. The van der Waals surface area contributed by atoms with Gasteiger partial charge in [-0.3, -0.25) is 4.98 Å². The number of rotatable bonds is 0. The molecule has 3 nitrogen and oxygen atoms in total. The maximum atomic E-state index is 5.83. The van der Waals surface area contributed by atoms with Gasteiger partial charge in [0.25, 0.3) is 0 Å². The molecule has 15 aliphatic heterocycles. The van der Waals surface area contributed by atoms with Gasteiger partial charge < -0.3 is 9.13 Å². The normalized spacial score (nSPS) is 18.9. The van der Waals surface area contributed by atoms with Gasteiger partial charge in [-0.1, -0.05) is 152 Å². The molecule has 15 aliphatic rings. The fraction of sp³-hybridized carbons (Fsp3) is 0.239. The largest absolute Gasteiger partial charge is 0.309 e. The van der Waals surface area contributed by atoms with Crippen LogP contribution in [0.1, 0.15) is 5.56 Å². The Morgan fingerprint density at radius 3 is 1.35 bits per heavy atom. The van der Waals surface area contributed by atoms with Crippen molar-refractivity contribution in [3.05, 3.63) is 121 Å². The number of pyridine rings is 1. The molecule has 0 fully saturated rings. The molecule has 0 unspecified atom stereocenters. The van der Waals surface area contributed by atoms with E-state index in [2.05, 4.69) is 190 Å². The quantitative estimate of drug-likeness (QED) is 0.141. The number of hydrogen-bond donors (Lipinski definition) is 0. The lowest BCUT2D eigenvalue weighted by molar-refractivity contribution is 1.17. The minimum Gasteiger partial charge on any atom is -0.309 e. The molecule has 8 heteroatoms. The van der Waals surface area contributed by atoms with Crippen LogP contribution in [0, 0.1) is 0 Å². The zero-order valence-electron chi connectivity index (χ0n) is 33.5. The Kier molecular flexibility index (Phi) is 7.04. The van der Waals surface area contributed by atoms with Crippen LogP contribution in [-0.4, -0.2) is 52.6 Å². The molecular weight excluding hydrogens is 735 g/mol. The summed E-state index contributed by atoms with van der Waals surface area (Å²) in [5, 5.41) is 11.6. The molecule has 0 amide bonds. The fourth-order valence-electron chi connectivity index (χ4n) is 9.81. The van der Waals surface area contributed by atoms with Gasteiger partial charge in [-0.05, 0) is 60.6 Å². The Morgan fingerprint density at radius 2 is 0.815 bits per heavy atom. The summed E-state index contributed by atoms with van der Waals surface area (Å²) in [5.74, 6) is 0. The van der Waals surface area contributed by atoms with Gasteiger partial charge in [-0.25, -0.2) is 0 Å². The third-order valence-electron chi connectivity index (χ3n) is 15.1. The highest BCUT2D eigenvalue weighted by Crippen LogP contribution is 2.36. The van der Waals surface area contributed by atoms with Gasteiger partial charge in [0.05, 0.1) is 58.4 Å². The van der Waals surface area contributed by atoms with Crippen LogP contribution in [0.2, 0.25) is 65.5 Å². The molecule has 0 aliphatic carbocycles. The first-order chi connectivity index (χ1) is 25.5. The highest BCUT2D eigenvalue weighted by atomic mass is 29.3. The molecule has 18 heterocycles.